The van der Waals surface area contributed by atoms with Crippen molar-refractivity contribution in [2.75, 3.05) is 12.4 Å². The van der Waals surface area contributed by atoms with Gasteiger partial charge in [-0.25, -0.2) is 4.98 Å². The monoisotopic (exact) mass is 256 g/mol. The zero-order valence-corrected chi connectivity index (χ0v) is 11.0. The van der Waals surface area contributed by atoms with Crippen molar-refractivity contribution in [1.82, 2.24) is 15.3 Å². The Hall–Kier alpha value is -2.43. The summed E-state index contributed by atoms with van der Waals surface area (Å²) in [6, 6.07) is 7.32. The van der Waals surface area contributed by atoms with Crippen molar-refractivity contribution >= 4 is 11.7 Å². The summed E-state index contributed by atoms with van der Waals surface area (Å²) >= 11 is 0. The molecule has 2 rings (SSSR count). The fourth-order valence-corrected chi connectivity index (χ4v) is 1.75. The molecule has 2 heterocycles. The van der Waals surface area contributed by atoms with Crippen LogP contribution in [-0.2, 0) is 6.54 Å². The number of hydrogen-bond donors (Lipinski definition) is 2. The Balaban J connectivity index is 2.08. The maximum Gasteiger partial charge on any atom is 0.255 e. The standard InChI is InChI=1S/C14H16N4O/c1-10-5-3-7-16-12(10)9-18-14(19)11-6-4-8-17-13(11)15-2/h3-8H,9H2,1-2H3,(H,15,17)(H,18,19). The van der Waals surface area contributed by atoms with Crippen molar-refractivity contribution in [2.24, 2.45) is 0 Å². The number of carbonyl (C=O) groups is 1. The molecular formula is C14H16N4O. The van der Waals surface area contributed by atoms with Gasteiger partial charge in [-0.05, 0) is 30.7 Å². The van der Waals surface area contributed by atoms with Gasteiger partial charge in [0.25, 0.3) is 5.91 Å². The Bertz CT molecular complexity index is 583. The molecule has 5 nitrogen and oxygen atoms in total. The van der Waals surface area contributed by atoms with Gasteiger partial charge in [0.05, 0.1) is 17.8 Å². The predicted molar refractivity (Wildman–Crippen MR) is 73.9 cm³/mol. The molecule has 0 bridgehead atoms. The van der Waals surface area contributed by atoms with Crippen molar-refractivity contribution in [3.63, 3.8) is 0 Å². The van der Waals surface area contributed by atoms with E-state index in [0.29, 0.717) is 17.9 Å². The number of amides is 1. The highest BCUT2D eigenvalue weighted by Gasteiger charge is 2.11. The first kappa shape index (κ1) is 13.0. The van der Waals surface area contributed by atoms with Gasteiger partial charge in [0.15, 0.2) is 0 Å². The van der Waals surface area contributed by atoms with E-state index in [1.165, 1.54) is 0 Å². The van der Waals surface area contributed by atoms with E-state index in [9.17, 15) is 4.79 Å². The quantitative estimate of drug-likeness (QED) is 0.874. The minimum atomic E-state index is -0.164. The zero-order chi connectivity index (χ0) is 13.7. The first-order valence-corrected chi connectivity index (χ1v) is 6.04. The molecular weight excluding hydrogens is 240 g/mol. The number of nitrogens with one attached hydrogen (secondary N) is 2. The molecule has 2 aromatic heterocycles. The molecule has 0 radical (unpaired) electrons. The molecule has 0 saturated heterocycles. The number of aryl methyl sites for hydroxylation is 1. The second kappa shape index (κ2) is 5.95. The number of hydrogen-bond acceptors (Lipinski definition) is 4. The van der Waals surface area contributed by atoms with E-state index in [-0.39, 0.29) is 5.91 Å². The maximum absolute atomic E-state index is 12.1. The van der Waals surface area contributed by atoms with Crippen LogP contribution in [0.4, 0.5) is 5.82 Å². The SMILES string of the molecule is CNc1ncccc1C(=O)NCc1ncccc1C. The van der Waals surface area contributed by atoms with Crippen LogP contribution >= 0.6 is 0 Å². The van der Waals surface area contributed by atoms with Crippen molar-refractivity contribution in [1.29, 1.82) is 0 Å². The summed E-state index contributed by atoms with van der Waals surface area (Å²) in [5.41, 5.74) is 2.45. The highest BCUT2D eigenvalue weighted by atomic mass is 16.1. The van der Waals surface area contributed by atoms with E-state index in [2.05, 4.69) is 20.6 Å². The Morgan fingerprint density at radius 1 is 1.21 bits per heavy atom. The lowest BCUT2D eigenvalue weighted by Gasteiger charge is -2.09. The first-order chi connectivity index (χ1) is 9.22. The first-order valence-electron chi connectivity index (χ1n) is 6.04. The minimum absolute atomic E-state index is 0.164. The lowest BCUT2D eigenvalue weighted by Crippen LogP contribution is -2.24. The summed E-state index contributed by atoms with van der Waals surface area (Å²) in [7, 11) is 1.74. The van der Waals surface area contributed by atoms with Crippen LogP contribution in [0.1, 0.15) is 21.6 Å². The van der Waals surface area contributed by atoms with Crippen LogP contribution in [0.25, 0.3) is 0 Å². The van der Waals surface area contributed by atoms with Crippen LogP contribution in [0.3, 0.4) is 0 Å². The third-order valence-corrected chi connectivity index (χ3v) is 2.82. The Labute approximate surface area is 112 Å². The Morgan fingerprint density at radius 3 is 2.68 bits per heavy atom. The van der Waals surface area contributed by atoms with Crippen molar-refractivity contribution < 1.29 is 4.79 Å². The van der Waals surface area contributed by atoms with Crippen LogP contribution in [0.2, 0.25) is 0 Å². The fourth-order valence-electron chi connectivity index (χ4n) is 1.75. The molecule has 0 aromatic carbocycles. The molecule has 0 aliphatic rings. The van der Waals surface area contributed by atoms with Crippen LogP contribution in [0.15, 0.2) is 36.7 Å². The lowest BCUT2D eigenvalue weighted by atomic mass is 10.2. The molecule has 0 aliphatic heterocycles. The largest absolute Gasteiger partial charge is 0.372 e. The second-order valence-electron chi connectivity index (χ2n) is 4.10. The molecule has 0 unspecified atom stereocenters. The fraction of sp³-hybridized carbons (Fsp3) is 0.214. The van der Waals surface area contributed by atoms with Gasteiger partial charge in [0, 0.05) is 19.4 Å². The minimum Gasteiger partial charge on any atom is -0.372 e. The van der Waals surface area contributed by atoms with E-state index in [4.69, 9.17) is 0 Å². The number of pyridine rings is 2. The molecule has 2 N–H and O–H groups in total. The van der Waals surface area contributed by atoms with Crippen LogP contribution in [0.5, 0.6) is 0 Å². The molecule has 2 aromatic rings. The Morgan fingerprint density at radius 2 is 1.95 bits per heavy atom. The van der Waals surface area contributed by atoms with Gasteiger partial charge in [0.1, 0.15) is 5.82 Å². The predicted octanol–water partition coefficient (Wildman–Crippen LogP) is 1.76. The van der Waals surface area contributed by atoms with Gasteiger partial charge in [-0.2, -0.15) is 0 Å². The highest BCUT2D eigenvalue weighted by molar-refractivity contribution is 5.98. The topological polar surface area (TPSA) is 66.9 Å². The molecule has 98 valence electrons. The van der Waals surface area contributed by atoms with Crippen LogP contribution in [0, 0.1) is 6.92 Å². The third-order valence-electron chi connectivity index (χ3n) is 2.82. The molecule has 5 heteroatoms. The van der Waals surface area contributed by atoms with Gasteiger partial charge in [-0.3, -0.25) is 9.78 Å². The van der Waals surface area contributed by atoms with Crippen LogP contribution in [-0.4, -0.2) is 22.9 Å². The number of anilines is 1. The van der Waals surface area contributed by atoms with Crippen molar-refractivity contribution in [3.8, 4) is 0 Å². The van der Waals surface area contributed by atoms with Gasteiger partial charge >= 0.3 is 0 Å². The van der Waals surface area contributed by atoms with Gasteiger partial charge in [-0.15, -0.1) is 0 Å². The molecule has 0 aliphatic carbocycles. The highest BCUT2D eigenvalue weighted by Crippen LogP contribution is 2.10. The summed E-state index contributed by atoms with van der Waals surface area (Å²) in [6.45, 7) is 2.38. The van der Waals surface area contributed by atoms with E-state index < -0.39 is 0 Å². The van der Waals surface area contributed by atoms with Gasteiger partial charge in [0.2, 0.25) is 0 Å². The number of aromatic nitrogens is 2. The van der Waals surface area contributed by atoms with Gasteiger partial charge < -0.3 is 10.6 Å². The lowest BCUT2D eigenvalue weighted by molar-refractivity contribution is 0.0951. The van der Waals surface area contributed by atoms with Gasteiger partial charge in [-0.1, -0.05) is 6.07 Å². The molecule has 0 saturated carbocycles. The summed E-state index contributed by atoms with van der Waals surface area (Å²) in [6.07, 6.45) is 3.36. The summed E-state index contributed by atoms with van der Waals surface area (Å²) in [5, 5.41) is 5.75. The molecule has 1 amide bonds. The maximum atomic E-state index is 12.1. The van der Waals surface area contributed by atoms with Crippen LogP contribution < -0.4 is 10.6 Å². The van der Waals surface area contributed by atoms with E-state index >= 15 is 0 Å². The smallest absolute Gasteiger partial charge is 0.255 e. The molecule has 0 atom stereocenters. The summed E-state index contributed by atoms with van der Waals surface area (Å²) in [5.74, 6) is 0.403. The number of carbonyl (C=O) groups excluding carboxylic acids is 1. The summed E-state index contributed by atoms with van der Waals surface area (Å²) < 4.78 is 0. The second-order valence-corrected chi connectivity index (χ2v) is 4.10. The number of nitrogens with zero attached hydrogens (tertiary/aromatic N) is 2. The summed E-state index contributed by atoms with van der Waals surface area (Å²) in [4.78, 5) is 20.4. The van der Waals surface area contributed by atoms with E-state index in [0.717, 1.165) is 11.3 Å². The van der Waals surface area contributed by atoms with E-state index in [1.54, 1.807) is 31.6 Å². The average Bonchev–Trinajstić information content (AvgIpc) is 2.46. The Kier molecular flexibility index (Phi) is 4.07. The molecule has 19 heavy (non-hydrogen) atoms. The molecule has 0 fully saturated rings. The average molecular weight is 256 g/mol. The van der Waals surface area contributed by atoms with Crippen molar-refractivity contribution in [2.45, 2.75) is 13.5 Å². The molecule has 0 spiro atoms. The zero-order valence-electron chi connectivity index (χ0n) is 11.0. The number of rotatable bonds is 4. The normalized spacial score (nSPS) is 10.0. The van der Waals surface area contributed by atoms with Crippen molar-refractivity contribution in [3.05, 3.63) is 53.5 Å². The third kappa shape index (κ3) is 3.07. The van der Waals surface area contributed by atoms with E-state index in [1.807, 2.05) is 19.1 Å².